The Kier molecular flexibility index (Phi) is 42.8. The number of ether oxygens (including phenoxy) is 1. The molecule has 0 fully saturated rings. The number of rotatable bonds is 28. The van der Waals surface area contributed by atoms with Gasteiger partial charge in [-0.1, -0.05) is 168 Å². The zero-order chi connectivity index (χ0) is 25.7. The van der Waals surface area contributed by atoms with Gasteiger partial charge in [-0.05, 0) is 12.8 Å². The average Bonchev–Trinajstić information content (AvgIpc) is 2.85. The second-order valence-electron chi connectivity index (χ2n) is 10.8. The number of hydrogen-bond donors (Lipinski definition) is 0. The molecule has 0 aromatic carbocycles. The van der Waals surface area contributed by atoms with E-state index < -0.39 is 0 Å². The summed E-state index contributed by atoms with van der Waals surface area (Å²) in [4.78, 5) is 23.7. The van der Waals surface area contributed by atoms with E-state index in [-0.39, 0.29) is 71.1 Å². The number of hydrogen-bond acceptors (Lipinski definition) is 3. The van der Waals surface area contributed by atoms with Gasteiger partial charge in [0.25, 0.3) is 0 Å². The Morgan fingerprint density at radius 2 is 0.541 bits per heavy atom. The van der Waals surface area contributed by atoms with Crippen LogP contribution in [0.1, 0.15) is 194 Å². The van der Waals surface area contributed by atoms with E-state index >= 15 is 0 Å². The molecule has 0 rings (SSSR count). The standard InChI is InChI=1S/C32H62O3.2Na.2H/c1-3-5-7-9-11-13-15-16-17-18-20-22-24-26-28-30-32(34)35-31(33)29-27-25-23-21-19-14-12-10-8-6-4-2;;;;/h3-30H2,1-2H3;;;;. The molecule has 0 N–H and O–H groups in total. The van der Waals surface area contributed by atoms with Crippen molar-refractivity contribution in [1.82, 2.24) is 0 Å². The van der Waals surface area contributed by atoms with E-state index in [2.05, 4.69) is 13.8 Å². The third kappa shape index (κ3) is 37.1. The number of unbranched alkanes of at least 4 members (excludes halogenated alkanes) is 24. The summed E-state index contributed by atoms with van der Waals surface area (Å²) in [5, 5.41) is 0. The summed E-state index contributed by atoms with van der Waals surface area (Å²) in [5.41, 5.74) is 0. The molecule has 0 spiro atoms. The van der Waals surface area contributed by atoms with Crippen molar-refractivity contribution in [2.24, 2.45) is 0 Å². The Labute approximate surface area is 276 Å². The average molecular weight is 543 g/mol. The molecular formula is C32H64Na2O3. The zero-order valence-electron chi connectivity index (χ0n) is 24.0. The Bertz CT molecular complexity index is 457. The van der Waals surface area contributed by atoms with Crippen LogP contribution in [0, 0.1) is 0 Å². The first-order valence-electron chi connectivity index (χ1n) is 15.9. The SMILES string of the molecule is CCCCCCCCCCCCCCCCCC(=O)OC(=O)CCCCCCCCCCCCC.[NaH].[NaH]. The summed E-state index contributed by atoms with van der Waals surface area (Å²) >= 11 is 0. The van der Waals surface area contributed by atoms with Gasteiger partial charge >= 0.3 is 71.1 Å². The van der Waals surface area contributed by atoms with Gasteiger partial charge in [-0.2, -0.15) is 0 Å². The first kappa shape index (κ1) is 42.6. The molecule has 0 aliphatic carbocycles. The van der Waals surface area contributed by atoms with E-state index in [1.807, 2.05) is 0 Å². The molecule has 0 bridgehead atoms. The third-order valence-electron chi connectivity index (χ3n) is 7.20. The van der Waals surface area contributed by atoms with Crippen LogP contribution in [0.5, 0.6) is 0 Å². The van der Waals surface area contributed by atoms with Crippen molar-refractivity contribution in [2.45, 2.75) is 194 Å². The first-order valence-corrected chi connectivity index (χ1v) is 15.9. The molecule has 0 aliphatic rings. The van der Waals surface area contributed by atoms with Crippen LogP contribution in [0.15, 0.2) is 0 Å². The van der Waals surface area contributed by atoms with Crippen LogP contribution in [0.2, 0.25) is 0 Å². The van der Waals surface area contributed by atoms with Gasteiger partial charge in [-0.15, -0.1) is 0 Å². The first-order chi connectivity index (χ1) is 17.2. The molecule has 0 unspecified atom stereocenters. The summed E-state index contributed by atoms with van der Waals surface area (Å²) in [6.07, 6.45) is 34.3. The van der Waals surface area contributed by atoms with Gasteiger partial charge < -0.3 is 4.74 Å². The van der Waals surface area contributed by atoms with Gasteiger partial charge in [0.05, 0.1) is 0 Å². The summed E-state index contributed by atoms with van der Waals surface area (Å²) in [7, 11) is 0. The van der Waals surface area contributed by atoms with E-state index in [1.54, 1.807) is 0 Å². The van der Waals surface area contributed by atoms with Crippen LogP contribution >= 0.6 is 0 Å². The van der Waals surface area contributed by atoms with Crippen LogP contribution < -0.4 is 0 Å². The Morgan fingerprint density at radius 3 is 0.757 bits per heavy atom. The fraction of sp³-hybridized carbons (Fsp3) is 0.938. The predicted molar refractivity (Wildman–Crippen MR) is 166 cm³/mol. The van der Waals surface area contributed by atoms with Crippen LogP contribution in [0.3, 0.4) is 0 Å². The van der Waals surface area contributed by atoms with Gasteiger partial charge in [0, 0.05) is 12.8 Å². The molecular weight excluding hydrogens is 478 g/mol. The van der Waals surface area contributed by atoms with Crippen LogP contribution in [-0.2, 0) is 14.3 Å². The van der Waals surface area contributed by atoms with Crippen molar-refractivity contribution in [3.63, 3.8) is 0 Å². The number of carbonyl (C=O) groups excluding carboxylic acids is 2. The molecule has 0 aliphatic heterocycles. The fourth-order valence-electron chi connectivity index (χ4n) is 4.80. The molecule has 0 atom stereocenters. The number of carbonyl (C=O) groups is 2. The fourth-order valence-corrected chi connectivity index (χ4v) is 4.80. The van der Waals surface area contributed by atoms with E-state index in [0.717, 1.165) is 25.7 Å². The summed E-state index contributed by atoms with van der Waals surface area (Å²) < 4.78 is 4.98. The quantitative estimate of drug-likeness (QED) is 0.0428. The van der Waals surface area contributed by atoms with Gasteiger partial charge in [0.1, 0.15) is 0 Å². The monoisotopic (exact) mass is 542 g/mol. The van der Waals surface area contributed by atoms with Crippen molar-refractivity contribution in [3.05, 3.63) is 0 Å². The van der Waals surface area contributed by atoms with Gasteiger partial charge in [0.2, 0.25) is 0 Å². The van der Waals surface area contributed by atoms with Crippen LogP contribution in [0.4, 0.5) is 0 Å². The van der Waals surface area contributed by atoms with Gasteiger partial charge in [-0.3, -0.25) is 9.59 Å². The molecule has 0 saturated heterocycles. The van der Waals surface area contributed by atoms with E-state index in [0.29, 0.717) is 12.8 Å². The zero-order valence-corrected chi connectivity index (χ0v) is 24.0. The Balaban J connectivity index is -0.00000578. The second kappa shape index (κ2) is 37.1. The number of esters is 2. The normalized spacial score (nSPS) is 10.5. The van der Waals surface area contributed by atoms with Crippen molar-refractivity contribution >= 4 is 71.1 Å². The molecule has 0 amide bonds. The minimum absolute atomic E-state index is 0. The summed E-state index contributed by atoms with van der Waals surface area (Å²) in [5.74, 6) is -0.653. The topological polar surface area (TPSA) is 43.4 Å². The Morgan fingerprint density at radius 1 is 0.351 bits per heavy atom. The van der Waals surface area contributed by atoms with Crippen LogP contribution in [0.25, 0.3) is 0 Å². The van der Waals surface area contributed by atoms with Crippen molar-refractivity contribution in [1.29, 1.82) is 0 Å². The van der Waals surface area contributed by atoms with Gasteiger partial charge in [-0.25, -0.2) is 0 Å². The molecule has 0 saturated carbocycles. The second-order valence-corrected chi connectivity index (χ2v) is 10.8. The predicted octanol–water partition coefficient (Wildman–Crippen LogP) is 9.72. The van der Waals surface area contributed by atoms with Crippen molar-refractivity contribution in [3.8, 4) is 0 Å². The molecule has 0 aromatic heterocycles. The van der Waals surface area contributed by atoms with Crippen molar-refractivity contribution < 1.29 is 14.3 Å². The van der Waals surface area contributed by atoms with Crippen LogP contribution in [-0.4, -0.2) is 71.1 Å². The Hall–Kier alpha value is 1.14. The maximum absolute atomic E-state index is 11.8. The minimum atomic E-state index is -0.327. The molecule has 0 aromatic rings. The summed E-state index contributed by atoms with van der Waals surface area (Å²) in [6, 6.07) is 0. The van der Waals surface area contributed by atoms with Crippen molar-refractivity contribution in [2.75, 3.05) is 0 Å². The maximum atomic E-state index is 11.8. The molecule has 0 heterocycles. The molecule has 212 valence electrons. The third-order valence-corrected chi connectivity index (χ3v) is 7.20. The molecule has 3 nitrogen and oxygen atoms in total. The van der Waals surface area contributed by atoms with E-state index in [9.17, 15) is 9.59 Å². The summed E-state index contributed by atoms with van der Waals surface area (Å²) in [6.45, 7) is 4.53. The molecule has 5 heteroatoms. The molecule has 37 heavy (non-hydrogen) atoms. The van der Waals surface area contributed by atoms with Gasteiger partial charge in [0.15, 0.2) is 0 Å². The van der Waals surface area contributed by atoms with E-state index in [1.165, 1.54) is 141 Å². The van der Waals surface area contributed by atoms with E-state index in [4.69, 9.17) is 4.74 Å². The molecule has 0 radical (unpaired) electrons.